The molecule has 0 bridgehead atoms. The van der Waals surface area contributed by atoms with Crippen LogP contribution < -0.4 is 10.2 Å². The smallest absolute Gasteiger partial charge is 0.338 e. The van der Waals surface area contributed by atoms with E-state index in [0.29, 0.717) is 22.5 Å². The second-order valence-corrected chi connectivity index (χ2v) is 10.1. The summed E-state index contributed by atoms with van der Waals surface area (Å²) in [4.78, 5) is 53.5. The Morgan fingerprint density at radius 1 is 0.846 bits per heavy atom. The molecule has 1 heterocycles. The van der Waals surface area contributed by atoms with E-state index in [1.54, 1.807) is 45.0 Å². The lowest BCUT2D eigenvalue weighted by atomic mass is 10.2. The molecule has 3 aromatic rings. The van der Waals surface area contributed by atoms with Crippen LogP contribution in [0.25, 0.3) is 0 Å². The lowest BCUT2D eigenvalue weighted by Gasteiger charge is -2.16. The SMILES string of the molecule is CCOC(=O)c1ccc(NC2=C(Sc3ccc(C)cc3)C(=O)N(c3ccc(C(=O)OC(C)C)cc3)C2=O)cc1. The molecule has 0 spiro atoms. The average molecular weight is 545 g/mol. The molecule has 8 nitrogen and oxygen atoms in total. The molecule has 0 fully saturated rings. The standard InChI is InChI=1S/C30H28N2O6S/c1-5-37-29(35)20-8-12-22(13-9-20)31-25-26(39-24-16-6-19(4)7-17-24)28(34)32(27(25)33)23-14-10-21(11-15-23)30(36)38-18(2)3/h6-18,31H,5H2,1-4H3. The van der Waals surface area contributed by atoms with Crippen LogP contribution in [0.1, 0.15) is 47.1 Å². The van der Waals surface area contributed by atoms with Crippen molar-refractivity contribution in [2.24, 2.45) is 0 Å². The Labute approximate surface area is 231 Å². The van der Waals surface area contributed by atoms with Gasteiger partial charge in [-0.1, -0.05) is 29.5 Å². The molecule has 3 aromatic carbocycles. The van der Waals surface area contributed by atoms with Gasteiger partial charge in [-0.15, -0.1) is 0 Å². The van der Waals surface area contributed by atoms with Gasteiger partial charge in [0.1, 0.15) is 10.6 Å². The predicted octanol–water partition coefficient (Wildman–Crippen LogP) is 5.73. The summed E-state index contributed by atoms with van der Waals surface area (Å²) >= 11 is 1.18. The van der Waals surface area contributed by atoms with Gasteiger partial charge in [-0.3, -0.25) is 9.59 Å². The van der Waals surface area contributed by atoms with Crippen molar-refractivity contribution in [3.8, 4) is 0 Å². The van der Waals surface area contributed by atoms with E-state index in [0.717, 1.165) is 15.4 Å². The number of benzene rings is 3. The van der Waals surface area contributed by atoms with Crippen LogP contribution >= 0.6 is 11.8 Å². The highest BCUT2D eigenvalue weighted by atomic mass is 32.2. The number of carbonyl (C=O) groups excluding carboxylic acids is 4. The molecule has 4 rings (SSSR count). The van der Waals surface area contributed by atoms with Crippen molar-refractivity contribution in [1.82, 2.24) is 0 Å². The Kier molecular flexibility index (Phi) is 8.51. The van der Waals surface area contributed by atoms with Gasteiger partial charge >= 0.3 is 11.9 Å². The number of hydrogen-bond acceptors (Lipinski definition) is 8. The summed E-state index contributed by atoms with van der Waals surface area (Å²) in [5, 5.41) is 3.07. The van der Waals surface area contributed by atoms with Crippen molar-refractivity contribution in [3.05, 3.63) is 100 Å². The van der Waals surface area contributed by atoms with E-state index in [1.807, 2.05) is 31.2 Å². The minimum atomic E-state index is -0.540. The van der Waals surface area contributed by atoms with E-state index in [9.17, 15) is 19.2 Å². The Balaban J connectivity index is 1.64. The van der Waals surface area contributed by atoms with Crippen LogP contribution in [0.15, 0.2) is 88.3 Å². The number of imide groups is 1. The van der Waals surface area contributed by atoms with Crippen LogP contribution in [0.4, 0.5) is 11.4 Å². The highest BCUT2D eigenvalue weighted by Gasteiger charge is 2.40. The molecule has 1 aliphatic heterocycles. The minimum absolute atomic E-state index is 0.109. The lowest BCUT2D eigenvalue weighted by molar-refractivity contribution is -0.120. The van der Waals surface area contributed by atoms with Crippen LogP contribution in [0.2, 0.25) is 0 Å². The third-order valence-electron chi connectivity index (χ3n) is 5.65. The number of ether oxygens (including phenoxy) is 2. The number of thioether (sulfide) groups is 1. The number of hydrogen-bond donors (Lipinski definition) is 1. The van der Waals surface area contributed by atoms with Crippen molar-refractivity contribution >= 4 is 46.9 Å². The largest absolute Gasteiger partial charge is 0.462 e. The summed E-state index contributed by atoms with van der Waals surface area (Å²) in [6.07, 6.45) is -0.274. The molecule has 0 atom stereocenters. The van der Waals surface area contributed by atoms with Crippen molar-refractivity contribution in [3.63, 3.8) is 0 Å². The molecule has 0 saturated heterocycles. The Hall–Kier alpha value is -4.37. The van der Waals surface area contributed by atoms with Crippen molar-refractivity contribution in [2.45, 2.75) is 38.7 Å². The summed E-state index contributed by atoms with van der Waals surface area (Å²) < 4.78 is 10.2. The van der Waals surface area contributed by atoms with Crippen LogP contribution in [0, 0.1) is 6.92 Å². The third kappa shape index (κ3) is 6.38. The summed E-state index contributed by atoms with van der Waals surface area (Å²) in [6, 6.07) is 20.2. The van der Waals surface area contributed by atoms with E-state index < -0.39 is 23.8 Å². The zero-order chi connectivity index (χ0) is 28.1. The van der Waals surface area contributed by atoms with Crippen LogP contribution in [0.3, 0.4) is 0 Å². The molecule has 0 unspecified atom stereocenters. The molecule has 200 valence electrons. The average Bonchev–Trinajstić information content (AvgIpc) is 3.14. The van der Waals surface area contributed by atoms with E-state index in [1.165, 1.54) is 36.0 Å². The molecule has 1 N–H and O–H groups in total. The lowest BCUT2D eigenvalue weighted by Crippen LogP contribution is -2.32. The number of carbonyl (C=O) groups is 4. The molecule has 1 aliphatic rings. The first-order chi connectivity index (χ1) is 18.7. The zero-order valence-electron chi connectivity index (χ0n) is 22.0. The van der Waals surface area contributed by atoms with Gasteiger partial charge in [0.05, 0.1) is 29.5 Å². The number of rotatable bonds is 9. The number of nitrogens with one attached hydrogen (secondary N) is 1. The topological polar surface area (TPSA) is 102 Å². The van der Waals surface area contributed by atoms with Gasteiger partial charge < -0.3 is 14.8 Å². The van der Waals surface area contributed by atoms with Crippen LogP contribution in [-0.4, -0.2) is 36.5 Å². The minimum Gasteiger partial charge on any atom is -0.462 e. The number of esters is 2. The summed E-state index contributed by atoms with van der Waals surface area (Å²) in [5.41, 5.74) is 2.71. The van der Waals surface area contributed by atoms with Crippen molar-refractivity contribution in [1.29, 1.82) is 0 Å². The molecule has 2 amide bonds. The summed E-state index contributed by atoms with van der Waals surface area (Å²) in [7, 11) is 0. The van der Waals surface area contributed by atoms with E-state index in [-0.39, 0.29) is 23.3 Å². The molecule has 0 radical (unpaired) electrons. The Morgan fingerprint density at radius 2 is 1.44 bits per heavy atom. The van der Waals surface area contributed by atoms with Crippen LogP contribution in [-0.2, 0) is 19.1 Å². The van der Waals surface area contributed by atoms with Crippen molar-refractivity contribution < 1.29 is 28.7 Å². The number of nitrogens with zero attached hydrogens (tertiary/aromatic N) is 1. The van der Waals surface area contributed by atoms with Crippen molar-refractivity contribution in [2.75, 3.05) is 16.8 Å². The predicted molar refractivity (Wildman–Crippen MR) is 150 cm³/mol. The van der Waals surface area contributed by atoms with Crippen LogP contribution in [0.5, 0.6) is 0 Å². The van der Waals surface area contributed by atoms with E-state index in [4.69, 9.17) is 9.47 Å². The highest BCUT2D eigenvalue weighted by molar-refractivity contribution is 8.04. The third-order valence-corrected chi connectivity index (χ3v) is 6.74. The Morgan fingerprint density at radius 3 is 2.03 bits per heavy atom. The normalized spacial score (nSPS) is 13.2. The van der Waals surface area contributed by atoms with Gasteiger partial charge in [-0.25, -0.2) is 14.5 Å². The van der Waals surface area contributed by atoms with E-state index >= 15 is 0 Å². The van der Waals surface area contributed by atoms with Gasteiger partial charge in [0, 0.05) is 10.6 Å². The fraction of sp³-hybridized carbons (Fsp3) is 0.200. The first kappa shape index (κ1) is 27.7. The maximum absolute atomic E-state index is 13.6. The fourth-order valence-electron chi connectivity index (χ4n) is 3.75. The molecule has 39 heavy (non-hydrogen) atoms. The van der Waals surface area contributed by atoms with E-state index in [2.05, 4.69) is 5.32 Å². The molecular formula is C30H28N2O6S. The second-order valence-electron chi connectivity index (χ2n) is 8.99. The van der Waals surface area contributed by atoms with Gasteiger partial charge in [0.25, 0.3) is 11.8 Å². The van der Waals surface area contributed by atoms with Gasteiger partial charge in [-0.05, 0) is 88.4 Å². The van der Waals surface area contributed by atoms with Gasteiger partial charge in [0.15, 0.2) is 0 Å². The molecular weight excluding hydrogens is 516 g/mol. The summed E-state index contributed by atoms with van der Waals surface area (Å²) in [5.74, 6) is -1.97. The zero-order valence-corrected chi connectivity index (χ0v) is 22.8. The maximum atomic E-state index is 13.6. The molecule has 0 aromatic heterocycles. The number of amides is 2. The highest BCUT2D eigenvalue weighted by Crippen LogP contribution is 2.38. The monoisotopic (exact) mass is 544 g/mol. The molecule has 0 aliphatic carbocycles. The Bertz CT molecular complexity index is 1430. The van der Waals surface area contributed by atoms with Gasteiger partial charge in [0.2, 0.25) is 0 Å². The maximum Gasteiger partial charge on any atom is 0.338 e. The number of aryl methyl sites for hydroxylation is 1. The number of anilines is 2. The molecule has 9 heteroatoms. The second kappa shape index (κ2) is 12.0. The molecule has 0 saturated carbocycles. The first-order valence-corrected chi connectivity index (χ1v) is 13.2. The fourth-order valence-corrected chi connectivity index (χ4v) is 4.68. The summed E-state index contributed by atoms with van der Waals surface area (Å²) in [6.45, 7) is 7.47. The first-order valence-electron chi connectivity index (χ1n) is 12.4. The quantitative estimate of drug-likeness (QED) is 0.269. The van der Waals surface area contributed by atoms with Gasteiger partial charge in [-0.2, -0.15) is 0 Å².